The van der Waals surface area contributed by atoms with E-state index >= 15 is 0 Å². The number of carbonyl (C=O) groups excluding carboxylic acids is 3. The molecule has 0 fully saturated rings. The molecule has 0 aromatic heterocycles. The first-order chi connectivity index (χ1) is 9.10. The summed E-state index contributed by atoms with van der Waals surface area (Å²) in [6.45, 7) is 8.90. The van der Waals surface area contributed by atoms with Crippen molar-refractivity contribution in [2.75, 3.05) is 13.1 Å². The molecular weight excluding hydrogens is 262 g/mol. The Kier molecular flexibility index (Phi) is 4.75. The normalized spacial score (nSPS) is 15.6. The molecule has 112 valence electrons. The van der Waals surface area contributed by atoms with Gasteiger partial charge >= 0.3 is 6.09 Å². The molecule has 7 nitrogen and oxygen atoms in total. The molecule has 0 bridgehead atoms. The summed E-state index contributed by atoms with van der Waals surface area (Å²) >= 11 is 0. The first-order valence-electron chi connectivity index (χ1n) is 6.37. The van der Waals surface area contributed by atoms with Crippen LogP contribution in [0.3, 0.4) is 0 Å². The highest BCUT2D eigenvalue weighted by Gasteiger charge is 2.27. The van der Waals surface area contributed by atoms with Crippen molar-refractivity contribution in [3.8, 4) is 0 Å². The maximum Gasteiger partial charge on any atom is 0.414 e. The van der Waals surface area contributed by atoms with Crippen molar-refractivity contribution in [3.63, 3.8) is 0 Å². The lowest BCUT2D eigenvalue weighted by Gasteiger charge is -2.32. The Morgan fingerprint density at radius 3 is 2.20 bits per heavy atom. The Labute approximate surface area is 118 Å². The van der Waals surface area contributed by atoms with Gasteiger partial charge in [0.05, 0.1) is 6.20 Å². The lowest BCUT2D eigenvalue weighted by molar-refractivity contribution is -0.133. The van der Waals surface area contributed by atoms with E-state index in [-0.39, 0.29) is 17.7 Å². The molecule has 1 heterocycles. The molecule has 0 aliphatic carbocycles. The highest BCUT2D eigenvalue weighted by atomic mass is 16.6. The fourth-order valence-electron chi connectivity index (χ4n) is 1.65. The van der Waals surface area contributed by atoms with Crippen molar-refractivity contribution >= 4 is 17.9 Å². The molecule has 0 radical (unpaired) electrons. The highest BCUT2D eigenvalue weighted by molar-refractivity contribution is 5.78. The van der Waals surface area contributed by atoms with Crippen LogP contribution >= 0.6 is 0 Å². The number of ether oxygens (including phenoxy) is 1. The van der Waals surface area contributed by atoms with E-state index in [0.29, 0.717) is 13.1 Å². The molecule has 1 aliphatic rings. The van der Waals surface area contributed by atoms with E-state index in [4.69, 9.17) is 4.74 Å². The summed E-state index contributed by atoms with van der Waals surface area (Å²) < 4.78 is 5.14. The van der Waals surface area contributed by atoms with Crippen molar-refractivity contribution in [2.45, 2.75) is 40.2 Å². The van der Waals surface area contributed by atoms with E-state index in [1.807, 2.05) is 20.8 Å². The standard InChI is InChI=1S/C13H21N3O4/c1-9(17)15-6-7-16(10(2)18)11(8-15)20-12(19)14-13(3,4)5/h8H,6-7H2,1-5H3,(H,14,19). The van der Waals surface area contributed by atoms with E-state index < -0.39 is 11.6 Å². The summed E-state index contributed by atoms with van der Waals surface area (Å²) in [6.07, 6.45) is 0.704. The van der Waals surface area contributed by atoms with E-state index in [9.17, 15) is 14.4 Å². The molecule has 7 heteroatoms. The number of amides is 3. The van der Waals surface area contributed by atoms with Gasteiger partial charge in [0, 0.05) is 32.5 Å². The molecule has 1 N–H and O–H groups in total. The minimum atomic E-state index is -0.666. The average molecular weight is 283 g/mol. The first-order valence-corrected chi connectivity index (χ1v) is 6.37. The van der Waals surface area contributed by atoms with Crippen LogP contribution in [0.2, 0.25) is 0 Å². The topological polar surface area (TPSA) is 79.0 Å². The molecule has 20 heavy (non-hydrogen) atoms. The van der Waals surface area contributed by atoms with Gasteiger partial charge in [-0.3, -0.25) is 14.5 Å². The van der Waals surface area contributed by atoms with Gasteiger partial charge in [-0.25, -0.2) is 4.79 Å². The van der Waals surface area contributed by atoms with Crippen molar-refractivity contribution in [3.05, 3.63) is 12.1 Å². The molecule has 1 rings (SSSR count). The number of nitrogens with one attached hydrogen (secondary N) is 1. The highest BCUT2D eigenvalue weighted by Crippen LogP contribution is 2.15. The predicted molar refractivity (Wildman–Crippen MR) is 72.2 cm³/mol. The van der Waals surface area contributed by atoms with Crippen LogP contribution in [0.5, 0.6) is 0 Å². The second-order valence-corrected chi connectivity index (χ2v) is 5.61. The smallest absolute Gasteiger partial charge is 0.391 e. The van der Waals surface area contributed by atoms with Crippen LogP contribution in [0.4, 0.5) is 4.79 Å². The Morgan fingerprint density at radius 1 is 1.15 bits per heavy atom. The fraction of sp³-hybridized carbons (Fsp3) is 0.615. The third kappa shape index (κ3) is 4.56. The second-order valence-electron chi connectivity index (χ2n) is 5.61. The molecule has 0 unspecified atom stereocenters. The molecule has 0 spiro atoms. The third-order valence-corrected chi connectivity index (χ3v) is 2.56. The van der Waals surface area contributed by atoms with E-state index in [1.165, 1.54) is 29.8 Å². The number of hydrogen-bond acceptors (Lipinski definition) is 4. The van der Waals surface area contributed by atoms with Crippen LogP contribution in [-0.2, 0) is 14.3 Å². The average Bonchev–Trinajstić information content (AvgIpc) is 2.25. The molecule has 0 saturated heterocycles. The van der Waals surface area contributed by atoms with Gasteiger partial charge in [-0.15, -0.1) is 0 Å². The van der Waals surface area contributed by atoms with E-state index in [0.717, 1.165) is 0 Å². The Balaban J connectivity index is 2.87. The van der Waals surface area contributed by atoms with Gasteiger partial charge in [-0.05, 0) is 20.8 Å². The minimum absolute atomic E-state index is 0.0562. The summed E-state index contributed by atoms with van der Waals surface area (Å²) in [6, 6.07) is 0. The summed E-state index contributed by atoms with van der Waals surface area (Å²) in [5.41, 5.74) is -0.451. The van der Waals surface area contributed by atoms with Gasteiger partial charge in [-0.1, -0.05) is 0 Å². The van der Waals surface area contributed by atoms with Gasteiger partial charge < -0.3 is 15.0 Å². The van der Waals surface area contributed by atoms with Crippen LogP contribution < -0.4 is 5.32 Å². The van der Waals surface area contributed by atoms with Crippen molar-refractivity contribution < 1.29 is 19.1 Å². The zero-order valence-electron chi connectivity index (χ0n) is 12.5. The number of carbonyl (C=O) groups is 3. The largest absolute Gasteiger partial charge is 0.414 e. The molecule has 3 amide bonds. The third-order valence-electron chi connectivity index (χ3n) is 2.56. The Bertz CT molecular complexity index is 451. The van der Waals surface area contributed by atoms with E-state index in [2.05, 4.69) is 5.32 Å². The first kappa shape index (κ1) is 16.0. The number of alkyl carbamates (subject to hydrolysis) is 1. The Morgan fingerprint density at radius 2 is 1.75 bits per heavy atom. The van der Waals surface area contributed by atoms with Crippen LogP contribution in [0, 0.1) is 0 Å². The lowest BCUT2D eigenvalue weighted by atomic mass is 10.1. The van der Waals surface area contributed by atoms with E-state index in [1.54, 1.807) is 0 Å². The van der Waals surface area contributed by atoms with Crippen LogP contribution in [0.1, 0.15) is 34.6 Å². The van der Waals surface area contributed by atoms with Crippen molar-refractivity contribution in [2.24, 2.45) is 0 Å². The SMILES string of the molecule is CC(=O)N1C=C(OC(=O)NC(C)(C)C)N(C(C)=O)CC1. The zero-order chi connectivity index (χ0) is 15.5. The molecule has 0 aromatic rings. The number of hydrogen-bond donors (Lipinski definition) is 1. The van der Waals surface area contributed by atoms with Crippen molar-refractivity contribution in [1.29, 1.82) is 0 Å². The van der Waals surface area contributed by atoms with Gasteiger partial charge in [0.1, 0.15) is 0 Å². The number of rotatable bonds is 1. The van der Waals surface area contributed by atoms with Crippen LogP contribution in [-0.4, -0.2) is 46.3 Å². The monoisotopic (exact) mass is 283 g/mol. The zero-order valence-corrected chi connectivity index (χ0v) is 12.5. The molecule has 1 aliphatic heterocycles. The van der Waals surface area contributed by atoms with Crippen LogP contribution in [0.15, 0.2) is 12.1 Å². The molecule has 0 atom stereocenters. The lowest BCUT2D eigenvalue weighted by Crippen LogP contribution is -2.46. The molecule has 0 aromatic carbocycles. The number of nitrogens with zero attached hydrogens (tertiary/aromatic N) is 2. The second kappa shape index (κ2) is 5.94. The van der Waals surface area contributed by atoms with Gasteiger partial charge in [0.15, 0.2) is 0 Å². The summed E-state index contributed by atoms with van der Waals surface area (Å²) in [5.74, 6) is -0.366. The summed E-state index contributed by atoms with van der Waals surface area (Å²) in [5, 5.41) is 2.63. The quantitative estimate of drug-likeness (QED) is 0.779. The van der Waals surface area contributed by atoms with Gasteiger partial charge in [-0.2, -0.15) is 0 Å². The fourth-order valence-corrected chi connectivity index (χ4v) is 1.65. The minimum Gasteiger partial charge on any atom is -0.391 e. The van der Waals surface area contributed by atoms with Crippen molar-refractivity contribution in [1.82, 2.24) is 15.1 Å². The molecule has 0 saturated carbocycles. The van der Waals surface area contributed by atoms with Gasteiger partial charge in [0.25, 0.3) is 0 Å². The predicted octanol–water partition coefficient (Wildman–Crippen LogP) is 1.02. The maximum absolute atomic E-state index is 11.8. The van der Waals surface area contributed by atoms with Crippen LogP contribution in [0.25, 0.3) is 0 Å². The molecular formula is C13H21N3O4. The summed E-state index contributed by atoms with van der Waals surface area (Å²) in [7, 11) is 0. The summed E-state index contributed by atoms with van der Waals surface area (Å²) in [4.78, 5) is 37.4. The maximum atomic E-state index is 11.8. The Hall–Kier alpha value is -2.05. The van der Waals surface area contributed by atoms with Gasteiger partial charge in [0.2, 0.25) is 17.7 Å².